The zero-order chi connectivity index (χ0) is 10.4. The molecule has 1 fully saturated rings. The van der Waals surface area contributed by atoms with E-state index in [1.54, 1.807) is 0 Å². The van der Waals surface area contributed by atoms with Gasteiger partial charge in [0.25, 0.3) is 0 Å². The van der Waals surface area contributed by atoms with E-state index in [1.807, 2.05) is 6.92 Å². The van der Waals surface area contributed by atoms with E-state index < -0.39 is 0 Å². The molecule has 0 radical (unpaired) electrons. The molecule has 0 saturated heterocycles. The molecule has 2 N–H and O–H groups in total. The van der Waals surface area contributed by atoms with Gasteiger partial charge < -0.3 is 15.1 Å². The van der Waals surface area contributed by atoms with E-state index in [0.717, 1.165) is 31.4 Å². The lowest BCUT2D eigenvalue weighted by molar-refractivity contribution is 0.00962. The number of rotatable bonds is 4. The van der Waals surface area contributed by atoms with E-state index in [1.165, 1.54) is 0 Å². The van der Waals surface area contributed by atoms with Crippen LogP contribution in [0.25, 0.3) is 0 Å². The minimum atomic E-state index is 0.177. The first kappa shape index (κ1) is 11.5. The van der Waals surface area contributed by atoms with Crippen LogP contribution in [0, 0.1) is 5.92 Å². The van der Waals surface area contributed by atoms with Crippen molar-refractivity contribution in [3.8, 4) is 0 Å². The van der Waals surface area contributed by atoms with Crippen LogP contribution in [0.5, 0.6) is 0 Å². The van der Waals surface area contributed by atoms with Crippen molar-refractivity contribution in [3.05, 3.63) is 0 Å². The zero-order valence-corrected chi connectivity index (χ0v) is 8.65. The molecule has 0 aromatic heterocycles. The second-order valence-electron chi connectivity index (χ2n) is 3.99. The van der Waals surface area contributed by atoms with Gasteiger partial charge in [-0.1, -0.05) is 12.1 Å². The molecule has 1 saturated carbocycles. The van der Waals surface area contributed by atoms with Gasteiger partial charge in [0.05, 0.1) is 18.4 Å². The fourth-order valence-electron chi connectivity index (χ4n) is 1.54. The van der Waals surface area contributed by atoms with Gasteiger partial charge in [-0.3, -0.25) is 0 Å². The van der Waals surface area contributed by atoms with Crippen LogP contribution in [0.2, 0.25) is 0 Å². The van der Waals surface area contributed by atoms with Gasteiger partial charge in [-0.25, -0.2) is 0 Å². The molecule has 1 aliphatic carbocycles. The number of oxime groups is 1. The predicted molar refractivity (Wildman–Crippen MR) is 53.7 cm³/mol. The summed E-state index contributed by atoms with van der Waals surface area (Å²) in [5, 5.41) is 20.6. The van der Waals surface area contributed by atoms with Crippen molar-refractivity contribution in [1.29, 1.82) is 0 Å². The maximum Gasteiger partial charge on any atom is 0.0582 e. The second-order valence-corrected chi connectivity index (χ2v) is 3.99. The summed E-state index contributed by atoms with van der Waals surface area (Å²) in [6.07, 6.45) is 3.79. The third-order valence-electron chi connectivity index (χ3n) is 2.58. The lowest BCUT2D eigenvalue weighted by Crippen LogP contribution is -2.24. The lowest BCUT2D eigenvalue weighted by atomic mass is 9.96. The predicted octanol–water partition coefficient (Wildman–Crippen LogP) is 1.40. The number of ether oxygens (including phenoxy) is 1. The Hall–Kier alpha value is -0.610. The summed E-state index contributed by atoms with van der Waals surface area (Å²) in [5.41, 5.74) is 0.875. The summed E-state index contributed by atoms with van der Waals surface area (Å²) < 4.78 is 5.63. The standard InChI is InChI=1S/C10H19NO3/c1-8(6-12)7-14-10-4-2-9(11-13)3-5-10/h8,10,12-13H,2-7H2,1H3. The molecule has 0 spiro atoms. The highest BCUT2D eigenvalue weighted by Gasteiger charge is 2.18. The molecule has 4 heteroatoms. The summed E-state index contributed by atoms with van der Waals surface area (Å²) in [4.78, 5) is 0. The molecular formula is C10H19NO3. The van der Waals surface area contributed by atoms with Crippen molar-refractivity contribution in [2.75, 3.05) is 13.2 Å². The van der Waals surface area contributed by atoms with Crippen LogP contribution in [-0.2, 0) is 4.74 Å². The Balaban J connectivity index is 2.16. The monoisotopic (exact) mass is 201 g/mol. The van der Waals surface area contributed by atoms with Gasteiger partial charge in [-0.2, -0.15) is 0 Å². The minimum absolute atomic E-state index is 0.177. The van der Waals surface area contributed by atoms with E-state index in [0.29, 0.717) is 6.61 Å². The Morgan fingerprint density at radius 2 is 2.14 bits per heavy atom. The topological polar surface area (TPSA) is 62.0 Å². The van der Waals surface area contributed by atoms with Gasteiger partial charge in [0.1, 0.15) is 0 Å². The SMILES string of the molecule is CC(CO)COC1CCC(=NO)CC1. The molecule has 1 aliphatic rings. The Labute approximate surface area is 84.6 Å². The normalized spacial score (nSPS) is 24.7. The lowest BCUT2D eigenvalue weighted by Gasteiger charge is -2.23. The number of hydrogen-bond donors (Lipinski definition) is 2. The smallest absolute Gasteiger partial charge is 0.0582 e. The van der Waals surface area contributed by atoms with Gasteiger partial charge in [-0.15, -0.1) is 0 Å². The first-order valence-corrected chi connectivity index (χ1v) is 5.18. The number of aliphatic hydroxyl groups is 1. The molecule has 0 heterocycles. The maximum atomic E-state index is 8.81. The van der Waals surface area contributed by atoms with Crippen LogP contribution in [0.15, 0.2) is 5.16 Å². The van der Waals surface area contributed by atoms with Crippen LogP contribution in [0.3, 0.4) is 0 Å². The molecule has 1 atom stereocenters. The molecule has 0 aromatic rings. The molecule has 14 heavy (non-hydrogen) atoms. The minimum Gasteiger partial charge on any atom is -0.411 e. The Bertz CT molecular complexity index is 184. The summed E-state index contributed by atoms with van der Waals surface area (Å²) in [6, 6.07) is 0. The summed E-state index contributed by atoms with van der Waals surface area (Å²) in [7, 11) is 0. The first-order valence-electron chi connectivity index (χ1n) is 5.18. The van der Waals surface area contributed by atoms with Crippen LogP contribution in [0.1, 0.15) is 32.6 Å². The van der Waals surface area contributed by atoms with E-state index in [2.05, 4.69) is 5.16 Å². The molecule has 0 amide bonds. The number of hydrogen-bond acceptors (Lipinski definition) is 4. The molecule has 4 nitrogen and oxygen atoms in total. The maximum absolute atomic E-state index is 8.81. The van der Waals surface area contributed by atoms with E-state index >= 15 is 0 Å². The fraction of sp³-hybridized carbons (Fsp3) is 0.900. The van der Waals surface area contributed by atoms with E-state index in [-0.39, 0.29) is 18.6 Å². The van der Waals surface area contributed by atoms with Crippen LogP contribution < -0.4 is 0 Å². The summed E-state index contributed by atoms with van der Waals surface area (Å²) in [5.74, 6) is 0.211. The summed E-state index contributed by atoms with van der Waals surface area (Å²) in [6.45, 7) is 2.76. The quantitative estimate of drug-likeness (QED) is 0.534. The molecule has 1 rings (SSSR count). The highest BCUT2D eigenvalue weighted by molar-refractivity contribution is 5.84. The molecule has 0 aliphatic heterocycles. The number of aliphatic hydroxyl groups excluding tert-OH is 1. The second kappa shape index (κ2) is 5.98. The Morgan fingerprint density at radius 1 is 1.50 bits per heavy atom. The van der Waals surface area contributed by atoms with Gasteiger partial charge >= 0.3 is 0 Å². The van der Waals surface area contributed by atoms with Crippen molar-refractivity contribution in [2.24, 2.45) is 11.1 Å². The Morgan fingerprint density at radius 3 is 2.64 bits per heavy atom. The fourth-order valence-corrected chi connectivity index (χ4v) is 1.54. The van der Waals surface area contributed by atoms with Crippen molar-refractivity contribution in [3.63, 3.8) is 0 Å². The molecule has 0 bridgehead atoms. The third-order valence-corrected chi connectivity index (χ3v) is 2.58. The van der Waals surface area contributed by atoms with Crippen LogP contribution >= 0.6 is 0 Å². The third kappa shape index (κ3) is 3.64. The zero-order valence-electron chi connectivity index (χ0n) is 8.65. The van der Waals surface area contributed by atoms with Crippen molar-refractivity contribution >= 4 is 5.71 Å². The Kier molecular flexibility index (Phi) is 4.90. The average Bonchev–Trinajstić information content (AvgIpc) is 2.26. The largest absolute Gasteiger partial charge is 0.411 e. The van der Waals surface area contributed by atoms with Gasteiger partial charge in [0.2, 0.25) is 0 Å². The average molecular weight is 201 g/mol. The molecule has 82 valence electrons. The van der Waals surface area contributed by atoms with Crippen molar-refractivity contribution < 1.29 is 15.1 Å². The number of nitrogens with zero attached hydrogens (tertiary/aromatic N) is 1. The van der Waals surface area contributed by atoms with Gasteiger partial charge in [0, 0.05) is 12.5 Å². The van der Waals surface area contributed by atoms with E-state index in [4.69, 9.17) is 15.1 Å². The van der Waals surface area contributed by atoms with Gasteiger partial charge in [-0.05, 0) is 25.7 Å². The van der Waals surface area contributed by atoms with Crippen molar-refractivity contribution in [2.45, 2.75) is 38.7 Å². The van der Waals surface area contributed by atoms with E-state index in [9.17, 15) is 0 Å². The molecule has 1 unspecified atom stereocenters. The molecular weight excluding hydrogens is 182 g/mol. The van der Waals surface area contributed by atoms with Gasteiger partial charge in [0.15, 0.2) is 0 Å². The summed E-state index contributed by atoms with van der Waals surface area (Å²) >= 11 is 0. The molecule has 0 aromatic carbocycles. The van der Waals surface area contributed by atoms with Crippen molar-refractivity contribution in [1.82, 2.24) is 0 Å². The highest BCUT2D eigenvalue weighted by Crippen LogP contribution is 2.19. The van der Waals surface area contributed by atoms with Crippen LogP contribution in [-0.4, -0.2) is 35.3 Å². The highest BCUT2D eigenvalue weighted by atomic mass is 16.5. The van der Waals surface area contributed by atoms with Crippen LogP contribution in [0.4, 0.5) is 0 Å². The first-order chi connectivity index (χ1) is 6.76.